The number of amides is 3. The average molecular weight is 598 g/mol. The molecule has 2 aromatic rings. The Morgan fingerprint density at radius 2 is 1.86 bits per heavy atom. The third-order valence-corrected chi connectivity index (χ3v) is 9.89. The number of aldehydes is 1. The Hall–Kier alpha value is -4.28. The van der Waals surface area contributed by atoms with Crippen molar-refractivity contribution >= 4 is 41.2 Å². The van der Waals surface area contributed by atoms with Crippen molar-refractivity contribution in [1.29, 1.82) is 0 Å². The van der Waals surface area contributed by atoms with E-state index in [0.29, 0.717) is 30.2 Å². The van der Waals surface area contributed by atoms with E-state index in [-0.39, 0.29) is 29.9 Å². The molecule has 3 fully saturated rings. The van der Waals surface area contributed by atoms with Gasteiger partial charge in [-0.3, -0.25) is 24.3 Å². The Morgan fingerprint density at radius 1 is 1.07 bits per heavy atom. The fourth-order valence-corrected chi connectivity index (χ4v) is 6.90. The minimum atomic E-state index is -1.15. The fourth-order valence-electron chi connectivity index (χ4n) is 6.90. The fraction of sp³-hybridized carbons (Fsp3) is 0.515. The number of anilines is 2. The van der Waals surface area contributed by atoms with Crippen LogP contribution < -0.4 is 16.4 Å². The lowest BCUT2D eigenvalue weighted by Gasteiger charge is -2.40. The van der Waals surface area contributed by atoms with Crippen molar-refractivity contribution in [3.63, 3.8) is 0 Å². The first kappa shape index (κ1) is 28.5. The van der Waals surface area contributed by atoms with Gasteiger partial charge in [0.1, 0.15) is 18.1 Å². The number of pyridine rings is 1. The van der Waals surface area contributed by atoms with Gasteiger partial charge in [-0.15, -0.1) is 0 Å². The summed E-state index contributed by atoms with van der Waals surface area (Å²) in [6, 6.07) is 11.2. The van der Waals surface area contributed by atoms with E-state index in [1.807, 2.05) is 0 Å². The van der Waals surface area contributed by atoms with Gasteiger partial charge >= 0.3 is 0 Å². The van der Waals surface area contributed by atoms with Gasteiger partial charge in [0, 0.05) is 30.7 Å². The maximum atomic E-state index is 13.1. The van der Waals surface area contributed by atoms with Crippen LogP contribution in [0.4, 0.5) is 11.5 Å². The molecule has 3 aliphatic carbocycles. The molecule has 0 spiro atoms. The van der Waals surface area contributed by atoms with Gasteiger partial charge in [-0.1, -0.05) is 6.07 Å². The summed E-state index contributed by atoms with van der Waals surface area (Å²) in [6.45, 7) is 1.63. The first-order valence-corrected chi connectivity index (χ1v) is 16.0. The van der Waals surface area contributed by atoms with Crippen molar-refractivity contribution in [2.45, 2.75) is 81.8 Å². The zero-order valence-electron chi connectivity index (χ0n) is 24.8. The van der Waals surface area contributed by atoms with E-state index in [0.717, 1.165) is 48.0 Å². The van der Waals surface area contributed by atoms with E-state index in [9.17, 15) is 19.2 Å². The number of nitrogens with one attached hydrogen (secondary N) is 2. The molecular formula is C33H39N7O4. The van der Waals surface area contributed by atoms with Crippen LogP contribution in [-0.2, 0) is 9.59 Å². The molecule has 11 heteroatoms. The van der Waals surface area contributed by atoms with Crippen LogP contribution in [0.3, 0.4) is 0 Å². The highest BCUT2D eigenvalue weighted by molar-refractivity contribution is 6.23. The second-order valence-electron chi connectivity index (χ2n) is 13.0. The minimum absolute atomic E-state index is 0.0166. The lowest BCUT2D eigenvalue weighted by Crippen LogP contribution is -2.47. The van der Waals surface area contributed by atoms with Crippen LogP contribution in [0.15, 0.2) is 41.5 Å². The second kappa shape index (κ2) is 11.7. The maximum Gasteiger partial charge on any atom is 0.262 e. The zero-order chi connectivity index (χ0) is 30.4. The van der Waals surface area contributed by atoms with Crippen molar-refractivity contribution in [2.24, 2.45) is 22.7 Å². The normalized spacial score (nSPS) is 25.2. The van der Waals surface area contributed by atoms with Crippen LogP contribution in [0.2, 0.25) is 0 Å². The highest BCUT2D eigenvalue weighted by atomic mass is 16.2. The summed E-state index contributed by atoms with van der Waals surface area (Å²) in [4.78, 5) is 54.8. The van der Waals surface area contributed by atoms with E-state index < -0.39 is 23.8 Å². The summed E-state index contributed by atoms with van der Waals surface area (Å²) < 4.78 is 0. The van der Waals surface area contributed by atoms with Gasteiger partial charge in [0.2, 0.25) is 5.91 Å². The third kappa shape index (κ3) is 5.44. The monoisotopic (exact) mass is 597 g/mol. The van der Waals surface area contributed by atoms with Crippen molar-refractivity contribution in [2.75, 3.05) is 23.7 Å². The third-order valence-electron chi connectivity index (χ3n) is 9.89. The minimum Gasteiger partial charge on any atom is -0.385 e. The zero-order valence-corrected chi connectivity index (χ0v) is 24.8. The van der Waals surface area contributed by atoms with Crippen LogP contribution in [0, 0.1) is 11.8 Å². The quantitative estimate of drug-likeness (QED) is 0.234. The number of hydrogen-bond acceptors (Lipinski definition) is 9. The van der Waals surface area contributed by atoms with Crippen LogP contribution >= 0.6 is 0 Å². The Morgan fingerprint density at radius 3 is 2.57 bits per heavy atom. The highest BCUT2D eigenvalue weighted by Gasteiger charge is 2.44. The van der Waals surface area contributed by atoms with E-state index in [1.165, 1.54) is 37.8 Å². The van der Waals surface area contributed by atoms with E-state index in [1.54, 1.807) is 18.2 Å². The molecule has 3 amide bonds. The Kier molecular flexibility index (Phi) is 7.55. The summed E-state index contributed by atoms with van der Waals surface area (Å²) in [5.41, 5.74) is 9.12. The molecule has 2 unspecified atom stereocenters. The van der Waals surface area contributed by atoms with E-state index >= 15 is 0 Å². The highest BCUT2D eigenvalue weighted by Crippen LogP contribution is 2.43. The summed E-state index contributed by atoms with van der Waals surface area (Å²) in [6.07, 6.45) is 8.93. The van der Waals surface area contributed by atoms with E-state index in [4.69, 9.17) is 15.8 Å². The van der Waals surface area contributed by atoms with Gasteiger partial charge in [0.05, 0.1) is 35.0 Å². The predicted octanol–water partition coefficient (Wildman–Crippen LogP) is 3.53. The molecule has 3 saturated carbocycles. The molecule has 2 aliphatic heterocycles. The van der Waals surface area contributed by atoms with Crippen molar-refractivity contribution < 1.29 is 19.2 Å². The first-order valence-electron chi connectivity index (χ1n) is 16.0. The molecule has 44 heavy (non-hydrogen) atoms. The first-order chi connectivity index (χ1) is 21.4. The number of nitrogens with two attached hydrogens (primary N) is 1. The molecule has 1 aromatic carbocycles. The summed E-state index contributed by atoms with van der Waals surface area (Å²) in [5, 5.41) is 14.5. The summed E-state index contributed by atoms with van der Waals surface area (Å²) >= 11 is 0. The molecule has 0 radical (unpaired) electrons. The number of carbonyl (C=O) groups is 4. The van der Waals surface area contributed by atoms with Crippen LogP contribution in [-0.4, -0.2) is 75.8 Å². The van der Waals surface area contributed by atoms with Gasteiger partial charge in [-0.25, -0.2) is 4.98 Å². The van der Waals surface area contributed by atoms with Gasteiger partial charge in [-0.2, -0.15) is 5.10 Å². The van der Waals surface area contributed by atoms with Crippen LogP contribution in [0.25, 0.3) is 0 Å². The number of fused-ring (bicyclic) bond motifs is 1. The molecule has 7 rings (SSSR count). The molecule has 5 aliphatic rings. The molecule has 2 atom stereocenters. The summed E-state index contributed by atoms with van der Waals surface area (Å²) in [7, 11) is 0. The SMILES string of the molecule is NC(=O)C(CCC=O)N1C(=O)c2ccc(NCC3CC(N4CC(c5cccc(NC6CCC6)n5)C(C5CC5)=N4)C3)cc2C1=O. The Balaban J connectivity index is 0.945. The number of primary amides is 1. The van der Waals surface area contributed by atoms with Gasteiger partial charge in [0.25, 0.3) is 11.8 Å². The number of nitrogens with zero attached hydrogens (tertiary/aromatic N) is 4. The molecule has 0 saturated heterocycles. The van der Waals surface area contributed by atoms with Gasteiger partial charge < -0.3 is 21.2 Å². The smallest absolute Gasteiger partial charge is 0.262 e. The number of hydrogen-bond donors (Lipinski definition) is 3. The van der Waals surface area contributed by atoms with Gasteiger partial charge in [-0.05, 0) is 93.5 Å². The van der Waals surface area contributed by atoms with Crippen LogP contribution in [0.5, 0.6) is 0 Å². The number of hydrazone groups is 1. The second-order valence-corrected chi connectivity index (χ2v) is 13.0. The average Bonchev–Trinajstić information content (AvgIpc) is 3.68. The lowest BCUT2D eigenvalue weighted by molar-refractivity contribution is -0.122. The van der Waals surface area contributed by atoms with E-state index in [2.05, 4.69) is 33.8 Å². The Labute approximate surface area is 256 Å². The molecule has 1 aromatic heterocycles. The van der Waals surface area contributed by atoms with Crippen molar-refractivity contribution in [1.82, 2.24) is 14.9 Å². The number of rotatable bonds is 13. The van der Waals surface area contributed by atoms with Crippen LogP contribution in [0.1, 0.15) is 90.1 Å². The number of imide groups is 1. The molecular weight excluding hydrogens is 558 g/mol. The lowest BCUT2D eigenvalue weighted by atomic mass is 9.79. The standard InChI is InChI=1S/C33H39N7O4/c34-31(42)28(7-3-13-41)40-32(43)24-12-11-22(16-25(24)33(40)44)35-17-19-14-23(15-19)39-18-26(30(38-39)20-9-10-20)27-6-2-8-29(37-27)36-21-4-1-5-21/h2,6,8,11-13,16,19-21,23,26,28,35H,1,3-5,7,9-10,14-15,17-18H2,(H2,34,42)(H,36,37). The number of benzene rings is 1. The maximum absolute atomic E-state index is 13.1. The topological polar surface area (TPSA) is 150 Å². The summed E-state index contributed by atoms with van der Waals surface area (Å²) in [5.74, 6) is 0.368. The largest absolute Gasteiger partial charge is 0.385 e. The molecule has 0 bridgehead atoms. The number of carbonyl (C=O) groups excluding carboxylic acids is 4. The number of aromatic nitrogens is 1. The molecule has 230 valence electrons. The molecule has 3 heterocycles. The molecule has 11 nitrogen and oxygen atoms in total. The van der Waals surface area contributed by atoms with Gasteiger partial charge in [0.15, 0.2) is 0 Å². The van der Waals surface area contributed by atoms with Crippen molar-refractivity contribution in [3.8, 4) is 0 Å². The molecule has 4 N–H and O–H groups in total. The Bertz CT molecular complexity index is 1510. The van der Waals surface area contributed by atoms with Crippen molar-refractivity contribution in [3.05, 3.63) is 53.2 Å². The predicted molar refractivity (Wildman–Crippen MR) is 165 cm³/mol.